The first kappa shape index (κ1) is 19.1. The maximum absolute atomic E-state index is 12.8. The molecule has 0 radical (unpaired) electrons. The molecule has 0 aliphatic carbocycles. The van der Waals surface area contributed by atoms with Gasteiger partial charge in [0.25, 0.3) is 5.91 Å². The molecule has 1 N–H and O–H groups in total. The molecule has 0 saturated heterocycles. The molecule has 5 nitrogen and oxygen atoms in total. The van der Waals surface area contributed by atoms with Crippen molar-refractivity contribution in [3.8, 4) is 11.5 Å². The van der Waals surface area contributed by atoms with Crippen LogP contribution in [-0.4, -0.2) is 20.1 Å². The third kappa shape index (κ3) is 3.47. The maximum Gasteiger partial charge on any atom is 0.341 e. The Morgan fingerprint density at radius 1 is 0.862 bits per heavy atom. The quantitative estimate of drug-likeness (QED) is 0.689. The Morgan fingerprint density at radius 3 is 1.90 bits per heavy atom. The van der Waals surface area contributed by atoms with Crippen LogP contribution in [0.3, 0.4) is 0 Å². The van der Waals surface area contributed by atoms with Gasteiger partial charge in [-0.2, -0.15) is 8.78 Å². The molecule has 1 heterocycles. The lowest BCUT2D eigenvalue weighted by atomic mass is 9.94. The van der Waals surface area contributed by atoms with Crippen LogP contribution >= 0.6 is 0 Å². The van der Waals surface area contributed by atoms with Crippen LogP contribution in [0.5, 0.6) is 11.5 Å². The average Bonchev–Trinajstić information content (AvgIpc) is 2.73. The standard InChI is InChI=1S/C21H15F2NO4S/c22-21(23)29(26,27)14-11-9-13(10-12-14)20(25)24-19-15-5-1-3-7-17(15)28-18-8-4-2-6-16(18)19/h1-12,19,21H,(H,24,25). The number of amides is 1. The van der Waals surface area contributed by atoms with Crippen molar-refractivity contribution in [2.45, 2.75) is 16.7 Å². The van der Waals surface area contributed by atoms with Crippen LogP contribution in [0.4, 0.5) is 8.78 Å². The normalized spacial score (nSPS) is 13.3. The van der Waals surface area contributed by atoms with E-state index >= 15 is 0 Å². The number of benzene rings is 3. The Labute approximate surface area is 165 Å². The molecule has 1 aliphatic heterocycles. The van der Waals surface area contributed by atoms with Gasteiger partial charge in [0.2, 0.25) is 9.84 Å². The van der Waals surface area contributed by atoms with Gasteiger partial charge in [-0.1, -0.05) is 36.4 Å². The van der Waals surface area contributed by atoms with Crippen molar-refractivity contribution in [3.05, 3.63) is 89.5 Å². The molecule has 0 atom stereocenters. The van der Waals surface area contributed by atoms with Gasteiger partial charge < -0.3 is 10.1 Å². The summed E-state index contributed by atoms with van der Waals surface area (Å²) in [7, 11) is -4.71. The Bertz CT molecular complexity index is 1130. The molecule has 0 fully saturated rings. The predicted molar refractivity (Wildman–Crippen MR) is 102 cm³/mol. The van der Waals surface area contributed by atoms with Crippen LogP contribution in [0.2, 0.25) is 0 Å². The van der Waals surface area contributed by atoms with Gasteiger partial charge in [-0.3, -0.25) is 4.79 Å². The third-order valence-corrected chi connectivity index (χ3v) is 6.03. The summed E-state index contributed by atoms with van der Waals surface area (Å²) in [5.74, 6) is -2.75. The van der Waals surface area contributed by atoms with Crippen molar-refractivity contribution in [1.29, 1.82) is 0 Å². The lowest BCUT2D eigenvalue weighted by Crippen LogP contribution is -2.31. The first-order chi connectivity index (χ1) is 13.9. The smallest absolute Gasteiger partial charge is 0.341 e. The number of carbonyl (C=O) groups is 1. The van der Waals surface area contributed by atoms with Gasteiger partial charge in [0.15, 0.2) is 0 Å². The SMILES string of the molecule is O=C(NC1c2ccccc2Oc2ccccc21)c1ccc(S(=O)(=O)C(F)F)cc1. The summed E-state index contributed by atoms with van der Waals surface area (Å²) in [5.41, 5.74) is 1.70. The largest absolute Gasteiger partial charge is 0.457 e. The molecule has 148 valence electrons. The van der Waals surface area contributed by atoms with Crippen molar-refractivity contribution in [2.75, 3.05) is 0 Å². The van der Waals surface area contributed by atoms with E-state index in [9.17, 15) is 22.0 Å². The molecule has 1 amide bonds. The molecule has 4 rings (SSSR count). The number of hydrogen-bond acceptors (Lipinski definition) is 4. The first-order valence-electron chi connectivity index (χ1n) is 8.66. The second-order valence-electron chi connectivity index (χ2n) is 6.41. The van der Waals surface area contributed by atoms with Crippen molar-refractivity contribution in [2.24, 2.45) is 0 Å². The van der Waals surface area contributed by atoms with Crippen LogP contribution in [-0.2, 0) is 9.84 Å². The van der Waals surface area contributed by atoms with E-state index in [2.05, 4.69) is 5.32 Å². The minimum atomic E-state index is -4.71. The van der Waals surface area contributed by atoms with Crippen LogP contribution < -0.4 is 10.1 Å². The summed E-state index contributed by atoms with van der Waals surface area (Å²) in [5, 5.41) is 2.91. The fourth-order valence-electron chi connectivity index (χ4n) is 3.18. The minimum Gasteiger partial charge on any atom is -0.457 e. The van der Waals surface area contributed by atoms with Crippen LogP contribution in [0, 0.1) is 0 Å². The maximum atomic E-state index is 12.8. The fourth-order valence-corrected chi connectivity index (χ4v) is 3.90. The molecule has 8 heteroatoms. The van der Waals surface area contributed by atoms with E-state index in [1.54, 1.807) is 12.1 Å². The highest BCUT2D eigenvalue weighted by atomic mass is 32.2. The molecule has 0 saturated carbocycles. The second-order valence-corrected chi connectivity index (χ2v) is 8.33. The number of sulfone groups is 1. The van der Waals surface area contributed by atoms with Gasteiger partial charge in [-0.05, 0) is 36.4 Å². The molecule has 0 aromatic heterocycles. The van der Waals surface area contributed by atoms with Crippen molar-refractivity contribution in [1.82, 2.24) is 5.32 Å². The fraction of sp³-hybridized carbons (Fsp3) is 0.0952. The monoisotopic (exact) mass is 415 g/mol. The van der Waals surface area contributed by atoms with Gasteiger partial charge in [-0.25, -0.2) is 8.42 Å². The van der Waals surface area contributed by atoms with E-state index in [4.69, 9.17) is 4.74 Å². The molecule has 0 spiro atoms. The molecular formula is C21H15F2NO4S. The van der Waals surface area contributed by atoms with E-state index in [1.807, 2.05) is 36.4 Å². The Hall–Kier alpha value is -3.26. The predicted octanol–water partition coefficient (Wildman–Crippen LogP) is 4.31. The lowest BCUT2D eigenvalue weighted by molar-refractivity contribution is 0.0941. The summed E-state index contributed by atoms with van der Waals surface area (Å²) in [4.78, 5) is 12.2. The number of alkyl halides is 2. The van der Waals surface area contributed by atoms with Crippen molar-refractivity contribution in [3.63, 3.8) is 0 Å². The van der Waals surface area contributed by atoms with Gasteiger partial charge in [0.05, 0.1) is 10.9 Å². The third-order valence-electron chi connectivity index (χ3n) is 4.63. The van der Waals surface area contributed by atoms with Crippen molar-refractivity contribution < 1.29 is 26.7 Å². The molecule has 0 bridgehead atoms. The highest BCUT2D eigenvalue weighted by Crippen LogP contribution is 2.42. The van der Waals surface area contributed by atoms with Gasteiger partial charge in [-0.15, -0.1) is 0 Å². The van der Waals surface area contributed by atoms with Crippen LogP contribution in [0.1, 0.15) is 27.5 Å². The number of fused-ring (bicyclic) bond motifs is 2. The second kappa shape index (κ2) is 7.29. The first-order valence-corrected chi connectivity index (χ1v) is 10.2. The number of carbonyl (C=O) groups excluding carboxylic acids is 1. The highest BCUT2D eigenvalue weighted by Gasteiger charge is 2.29. The van der Waals surface area contributed by atoms with Gasteiger partial charge in [0, 0.05) is 16.7 Å². The van der Waals surface area contributed by atoms with Gasteiger partial charge >= 0.3 is 5.76 Å². The average molecular weight is 415 g/mol. The number of hydrogen-bond donors (Lipinski definition) is 1. The minimum absolute atomic E-state index is 0.152. The summed E-state index contributed by atoms with van der Waals surface area (Å²) in [6.07, 6.45) is 0. The summed E-state index contributed by atoms with van der Waals surface area (Å²) in [6, 6.07) is 18.5. The van der Waals surface area contributed by atoms with E-state index in [1.165, 1.54) is 12.1 Å². The molecular weight excluding hydrogens is 400 g/mol. The number of nitrogens with one attached hydrogen (secondary N) is 1. The van der Waals surface area contributed by atoms with E-state index in [-0.39, 0.29) is 5.56 Å². The Kier molecular flexibility index (Phi) is 4.79. The molecule has 29 heavy (non-hydrogen) atoms. The summed E-state index contributed by atoms with van der Waals surface area (Å²) < 4.78 is 54.3. The molecule has 3 aromatic carbocycles. The number of ether oxygens (including phenoxy) is 1. The van der Waals surface area contributed by atoms with Crippen LogP contribution in [0.15, 0.2) is 77.7 Å². The Balaban J connectivity index is 1.64. The van der Waals surface area contributed by atoms with E-state index < -0.39 is 32.4 Å². The van der Waals surface area contributed by atoms with E-state index in [0.717, 1.165) is 23.3 Å². The number of halogens is 2. The lowest BCUT2D eigenvalue weighted by Gasteiger charge is -2.28. The summed E-state index contributed by atoms with van der Waals surface area (Å²) >= 11 is 0. The zero-order chi connectivity index (χ0) is 20.6. The highest BCUT2D eigenvalue weighted by molar-refractivity contribution is 7.91. The van der Waals surface area contributed by atoms with Crippen molar-refractivity contribution >= 4 is 15.7 Å². The molecule has 1 aliphatic rings. The molecule has 3 aromatic rings. The molecule has 0 unspecified atom stereocenters. The zero-order valence-corrected chi connectivity index (χ0v) is 15.7. The summed E-state index contributed by atoms with van der Waals surface area (Å²) in [6.45, 7) is 0. The van der Waals surface area contributed by atoms with Gasteiger partial charge in [0.1, 0.15) is 11.5 Å². The van der Waals surface area contributed by atoms with Crippen LogP contribution in [0.25, 0.3) is 0 Å². The Morgan fingerprint density at radius 2 is 1.38 bits per heavy atom. The zero-order valence-electron chi connectivity index (χ0n) is 14.9. The number of rotatable bonds is 4. The topological polar surface area (TPSA) is 72.5 Å². The van der Waals surface area contributed by atoms with E-state index in [0.29, 0.717) is 11.5 Å². The number of para-hydroxylation sites is 2.